The molecule has 1 N–H and O–H groups in total. The molecule has 3 nitrogen and oxygen atoms in total. The van der Waals surface area contributed by atoms with E-state index in [0.717, 1.165) is 30.4 Å². The third-order valence-corrected chi connectivity index (χ3v) is 5.03. The minimum atomic E-state index is -0.207. The summed E-state index contributed by atoms with van der Waals surface area (Å²) < 4.78 is 0. The highest BCUT2D eigenvalue weighted by atomic mass is 16.2. The second-order valence-electron chi connectivity index (χ2n) is 5.91. The summed E-state index contributed by atoms with van der Waals surface area (Å²) in [7, 11) is 0. The number of amides is 2. The number of rotatable bonds is 1. The summed E-state index contributed by atoms with van der Waals surface area (Å²) in [4.78, 5) is 24.1. The number of hydrogen-bond acceptors (Lipinski definition) is 2. The van der Waals surface area contributed by atoms with Gasteiger partial charge in [0.15, 0.2) is 0 Å². The first-order valence-electron chi connectivity index (χ1n) is 6.80. The number of imide groups is 1. The Bertz CT molecular complexity index is 658. The van der Waals surface area contributed by atoms with Crippen molar-refractivity contribution in [3.05, 3.63) is 46.5 Å². The number of carbonyl (C=O) groups excluding carboxylic acids is 2. The normalized spacial score (nSPS) is 31.9. The van der Waals surface area contributed by atoms with Crippen LogP contribution in [-0.4, -0.2) is 11.8 Å². The van der Waals surface area contributed by atoms with E-state index >= 15 is 0 Å². The van der Waals surface area contributed by atoms with Crippen molar-refractivity contribution in [3.8, 4) is 0 Å². The van der Waals surface area contributed by atoms with Crippen molar-refractivity contribution in [1.29, 1.82) is 0 Å². The topological polar surface area (TPSA) is 46.2 Å². The van der Waals surface area contributed by atoms with E-state index in [9.17, 15) is 9.59 Å². The summed E-state index contributed by atoms with van der Waals surface area (Å²) in [6.45, 7) is 2.09. The highest BCUT2D eigenvalue weighted by Gasteiger charge is 2.58. The summed E-state index contributed by atoms with van der Waals surface area (Å²) in [5.41, 5.74) is 3.78. The predicted molar refractivity (Wildman–Crippen MR) is 70.4 cm³/mol. The van der Waals surface area contributed by atoms with Gasteiger partial charge in [0.05, 0.1) is 0 Å². The summed E-state index contributed by atoms with van der Waals surface area (Å²) in [6.07, 6.45) is 2.94. The minimum absolute atomic E-state index is 0.153. The van der Waals surface area contributed by atoms with Crippen molar-refractivity contribution < 1.29 is 9.59 Å². The Hall–Kier alpha value is -1.90. The van der Waals surface area contributed by atoms with Crippen LogP contribution >= 0.6 is 0 Å². The van der Waals surface area contributed by atoms with Gasteiger partial charge in [0.2, 0.25) is 0 Å². The second kappa shape index (κ2) is 3.35. The summed E-state index contributed by atoms with van der Waals surface area (Å²) in [6, 6.07) is 8.25. The highest BCUT2D eigenvalue weighted by Crippen LogP contribution is 2.60. The lowest BCUT2D eigenvalue weighted by Crippen LogP contribution is -2.33. The number of benzene rings is 1. The quantitative estimate of drug-likeness (QED) is 0.778. The Labute approximate surface area is 111 Å². The van der Waals surface area contributed by atoms with Crippen LogP contribution in [0, 0.1) is 12.8 Å². The number of aryl methyl sites for hydroxylation is 1. The van der Waals surface area contributed by atoms with E-state index in [1.807, 2.05) is 12.1 Å². The van der Waals surface area contributed by atoms with Crippen LogP contribution in [0.3, 0.4) is 0 Å². The van der Waals surface area contributed by atoms with E-state index in [1.165, 1.54) is 11.1 Å². The van der Waals surface area contributed by atoms with Crippen LogP contribution in [0.2, 0.25) is 0 Å². The zero-order valence-electron chi connectivity index (χ0n) is 10.8. The highest BCUT2D eigenvalue weighted by molar-refractivity contribution is 6.21. The SMILES string of the molecule is Cc1ccccc1C12CCC(C1)C1=C2C(=O)NC1=O. The molecule has 0 spiro atoms. The molecule has 2 unspecified atom stereocenters. The Balaban J connectivity index is 1.97. The Morgan fingerprint density at radius 2 is 2.00 bits per heavy atom. The van der Waals surface area contributed by atoms with Gasteiger partial charge in [0.25, 0.3) is 11.8 Å². The molecule has 0 aromatic heterocycles. The van der Waals surface area contributed by atoms with E-state index in [-0.39, 0.29) is 23.1 Å². The van der Waals surface area contributed by atoms with Gasteiger partial charge in [-0.05, 0) is 43.2 Å². The first-order chi connectivity index (χ1) is 9.13. The smallest absolute Gasteiger partial charge is 0.255 e. The van der Waals surface area contributed by atoms with Crippen molar-refractivity contribution in [2.75, 3.05) is 0 Å². The van der Waals surface area contributed by atoms with E-state index < -0.39 is 0 Å². The molecule has 1 fully saturated rings. The molecule has 2 bridgehead atoms. The summed E-state index contributed by atoms with van der Waals surface area (Å²) in [5.74, 6) is -0.0355. The van der Waals surface area contributed by atoms with E-state index in [4.69, 9.17) is 0 Å². The fourth-order valence-corrected chi connectivity index (χ4v) is 4.34. The molecule has 2 atom stereocenters. The van der Waals surface area contributed by atoms with Gasteiger partial charge in [-0.3, -0.25) is 14.9 Å². The van der Waals surface area contributed by atoms with Crippen LogP contribution < -0.4 is 5.32 Å². The van der Waals surface area contributed by atoms with Crippen LogP contribution in [0.1, 0.15) is 30.4 Å². The van der Waals surface area contributed by atoms with E-state index in [2.05, 4.69) is 24.4 Å². The molecule has 4 rings (SSSR count). The maximum Gasteiger partial charge on any atom is 0.255 e. The first kappa shape index (κ1) is 11.0. The Kier molecular flexibility index (Phi) is 1.93. The predicted octanol–water partition coefficient (Wildman–Crippen LogP) is 2.00. The number of hydrogen-bond donors (Lipinski definition) is 1. The van der Waals surface area contributed by atoms with Crippen molar-refractivity contribution in [1.82, 2.24) is 5.32 Å². The molecule has 2 amide bonds. The second-order valence-corrected chi connectivity index (χ2v) is 5.91. The average Bonchev–Trinajstić information content (AvgIpc) is 3.02. The Morgan fingerprint density at radius 1 is 1.21 bits per heavy atom. The van der Waals surface area contributed by atoms with Crippen LogP contribution in [0.4, 0.5) is 0 Å². The average molecular weight is 253 g/mol. The maximum atomic E-state index is 12.2. The maximum absolute atomic E-state index is 12.2. The lowest BCUT2D eigenvalue weighted by molar-refractivity contribution is -0.124. The van der Waals surface area contributed by atoms with Crippen LogP contribution in [0.15, 0.2) is 35.4 Å². The zero-order valence-corrected chi connectivity index (χ0v) is 10.8. The standard InChI is InChI=1S/C16H15NO2/c1-9-4-2-3-5-11(9)16-7-6-10(8-16)12-13(16)15(19)17-14(12)18/h2-5,10H,6-8H2,1H3,(H,17,18,19). The van der Waals surface area contributed by atoms with Gasteiger partial charge >= 0.3 is 0 Å². The van der Waals surface area contributed by atoms with Crippen LogP contribution in [0.5, 0.6) is 0 Å². The molecule has 3 aliphatic rings. The van der Waals surface area contributed by atoms with Crippen molar-refractivity contribution >= 4 is 11.8 Å². The van der Waals surface area contributed by atoms with Crippen LogP contribution in [0.25, 0.3) is 0 Å². The molecule has 3 heteroatoms. The molecule has 0 radical (unpaired) electrons. The number of nitrogens with one attached hydrogen (secondary N) is 1. The molecule has 2 aliphatic carbocycles. The fraction of sp³-hybridized carbons (Fsp3) is 0.375. The largest absolute Gasteiger partial charge is 0.289 e. The third kappa shape index (κ3) is 1.18. The summed E-state index contributed by atoms with van der Waals surface area (Å²) in [5, 5.41) is 2.48. The molecule has 19 heavy (non-hydrogen) atoms. The van der Waals surface area contributed by atoms with Crippen molar-refractivity contribution in [2.24, 2.45) is 5.92 Å². The van der Waals surface area contributed by atoms with E-state index in [1.54, 1.807) is 0 Å². The molecule has 1 saturated carbocycles. The van der Waals surface area contributed by atoms with Gasteiger partial charge in [0.1, 0.15) is 0 Å². The number of carbonyl (C=O) groups is 2. The Morgan fingerprint density at radius 3 is 2.79 bits per heavy atom. The number of fused-ring (bicyclic) bond motifs is 4. The lowest BCUT2D eigenvalue weighted by atomic mass is 9.72. The minimum Gasteiger partial charge on any atom is -0.289 e. The van der Waals surface area contributed by atoms with Crippen molar-refractivity contribution in [2.45, 2.75) is 31.6 Å². The van der Waals surface area contributed by atoms with Gasteiger partial charge in [-0.1, -0.05) is 24.3 Å². The molecular weight excluding hydrogens is 238 g/mol. The van der Waals surface area contributed by atoms with Gasteiger partial charge in [-0.25, -0.2) is 0 Å². The molecule has 1 heterocycles. The molecular formula is C16H15NO2. The van der Waals surface area contributed by atoms with Crippen LogP contribution in [-0.2, 0) is 15.0 Å². The van der Waals surface area contributed by atoms with Gasteiger partial charge < -0.3 is 0 Å². The molecule has 96 valence electrons. The third-order valence-electron chi connectivity index (χ3n) is 5.03. The molecule has 1 aromatic carbocycles. The molecule has 1 aliphatic heterocycles. The molecule has 1 aromatic rings. The molecule has 0 saturated heterocycles. The monoisotopic (exact) mass is 253 g/mol. The van der Waals surface area contributed by atoms with Gasteiger partial charge in [-0.15, -0.1) is 0 Å². The first-order valence-corrected chi connectivity index (χ1v) is 6.80. The van der Waals surface area contributed by atoms with E-state index in [0.29, 0.717) is 0 Å². The summed E-state index contributed by atoms with van der Waals surface area (Å²) >= 11 is 0. The van der Waals surface area contributed by atoms with Gasteiger partial charge in [-0.2, -0.15) is 0 Å². The van der Waals surface area contributed by atoms with Gasteiger partial charge in [0, 0.05) is 16.6 Å². The zero-order chi connectivity index (χ0) is 13.2. The fourth-order valence-electron chi connectivity index (χ4n) is 4.34. The van der Waals surface area contributed by atoms with Crippen molar-refractivity contribution in [3.63, 3.8) is 0 Å². The lowest BCUT2D eigenvalue weighted by Gasteiger charge is -2.30.